The van der Waals surface area contributed by atoms with Gasteiger partial charge in [-0.25, -0.2) is 18.1 Å². The van der Waals surface area contributed by atoms with Gasteiger partial charge in [0.15, 0.2) is 11.2 Å². The summed E-state index contributed by atoms with van der Waals surface area (Å²) < 4.78 is 29.8. The lowest BCUT2D eigenvalue weighted by Gasteiger charge is -2.30. The second kappa shape index (κ2) is 9.37. The van der Waals surface area contributed by atoms with E-state index >= 15 is 0 Å². The molecule has 0 atom stereocenters. The lowest BCUT2D eigenvalue weighted by atomic mass is 9.97. The number of sulfonamides is 1. The second-order valence-corrected chi connectivity index (χ2v) is 11.6. The number of fused-ring (bicyclic) bond motifs is 2. The molecule has 0 spiro atoms. The van der Waals surface area contributed by atoms with Crippen LogP contribution in [-0.2, 0) is 16.6 Å². The molecule has 0 radical (unpaired) electrons. The van der Waals surface area contributed by atoms with Crippen LogP contribution in [0.15, 0.2) is 76.4 Å². The Kier molecular flexibility index (Phi) is 6.02. The van der Waals surface area contributed by atoms with E-state index in [4.69, 9.17) is 16.6 Å². The Hall–Kier alpha value is -3.60. The summed E-state index contributed by atoms with van der Waals surface area (Å²) in [4.78, 5) is 20.6. The molecule has 0 aliphatic carbocycles. The molecule has 1 saturated heterocycles. The number of rotatable bonds is 5. The number of aromatic amines is 1. The number of hydrogen-bond acceptors (Lipinski definition) is 6. The minimum absolute atomic E-state index is 0.0883. The third-order valence-corrected chi connectivity index (χ3v) is 8.94. The Morgan fingerprint density at radius 1 is 0.973 bits per heavy atom. The maximum Gasteiger partial charge on any atom is 0.281 e. The normalized spacial score (nSPS) is 15.5. The topological polar surface area (TPSA) is 114 Å². The lowest BCUT2D eigenvalue weighted by Crippen LogP contribution is -2.38. The van der Waals surface area contributed by atoms with E-state index in [2.05, 4.69) is 15.3 Å². The molecule has 0 saturated carbocycles. The SMILES string of the molecule is O=c1[nH]c(C2CCN(S(=O)(=O)c3ccc4ccccc4c3)CC2)nc2c1nnn2Cc1cccc(Cl)c1. The van der Waals surface area contributed by atoms with E-state index in [1.807, 2.05) is 48.5 Å². The number of hydrogen-bond donors (Lipinski definition) is 1. The van der Waals surface area contributed by atoms with Crippen molar-refractivity contribution >= 4 is 43.6 Å². The molecule has 188 valence electrons. The fourth-order valence-corrected chi connectivity index (χ4v) is 6.56. The summed E-state index contributed by atoms with van der Waals surface area (Å²) in [6.07, 6.45) is 1.08. The number of nitrogens with zero attached hydrogens (tertiary/aromatic N) is 5. The largest absolute Gasteiger partial charge is 0.308 e. The first-order valence-corrected chi connectivity index (χ1v) is 13.8. The Morgan fingerprint density at radius 3 is 2.54 bits per heavy atom. The van der Waals surface area contributed by atoms with Gasteiger partial charge in [0.2, 0.25) is 10.0 Å². The minimum Gasteiger partial charge on any atom is -0.308 e. The van der Waals surface area contributed by atoms with E-state index in [0.717, 1.165) is 16.3 Å². The van der Waals surface area contributed by atoms with Crippen LogP contribution in [0, 0.1) is 0 Å². The molecule has 1 aliphatic rings. The van der Waals surface area contributed by atoms with Crippen LogP contribution in [0.3, 0.4) is 0 Å². The van der Waals surface area contributed by atoms with Gasteiger partial charge in [0.1, 0.15) is 5.82 Å². The molecule has 0 bridgehead atoms. The summed E-state index contributed by atoms with van der Waals surface area (Å²) in [7, 11) is -3.63. The first kappa shape index (κ1) is 23.8. The average Bonchev–Trinajstić information content (AvgIpc) is 3.31. The molecule has 3 heterocycles. The van der Waals surface area contributed by atoms with Gasteiger partial charge in [-0.2, -0.15) is 4.31 Å². The van der Waals surface area contributed by atoms with Crippen LogP contribution in [0.5, 0.6) is 0 Å². The smallest absolute Gasteiger partial charge is 0.281 e. The fraction of sp³-hybridized carbons (Fsp3) is 0.231. The van der Waals surface area contributed by atoms with E-state index in [9.17, 15) is 13.2 Å². The van der Waals surface area contributed by atoms with Gasteiger partial charge >= 0.3 is 0 Å². The predicted octanol–water partition coefficient (Wildman–Crippen LogP) is 3.94. The number of nitrogens with one attached hydrogen (secondary N) is 1. The van der Waals surface area contributed by atoms with Crippen LogP contribution in [0.1, 0.15) is 30.1 Å². The highest BCUT2D eigenvalue weighted by atomic mass is 35.5. The maximum absolute atomic E-state index is 13.3. The van der Waals surface area contributed by atoms with Gasteiger partial charge in [0.05, 0.1) is 11.4 Å². The first-order chi connectivity index (χ1) is 17.9. The summed E-state index contributed by atoms with van der Waals surface area (Å²) in [5, 5.41) is 10.6. The van der Waals surface area contributed by atoms with Gasteiger partial charge in [-0.3, -0.25) is 4.79 Å². The van der Waals surface area contributed by atoms with Gasteiger partial charge < -0.3 is 4.98 Å². The van der Waals surface area contributed by atoms with Crippen molar-refractivity contribution in [3.8, 4) is 0 Å². The zero-order valence-electron chi connectivity index (χ0n) is 19.7. The Labute approximate surface area is 217 Å². The van der Waals surface area contributed by atoms with E-state index < -0.39 is 10.0 Å². The second-order valence-electron chi connectivity index (χ2n) is 9.19. The van der Waals surface area contributed by atoms with Crippen LogP contribution in [0.25, 0.3) is 21.9 Å². The lowest BCUT2D eigenvalue weighted by molar-refractivity contribution is 0.313. The number of halogens is 1. The summed E-state index contributed by atoms with van der Waals surface area (Å²) in [6, 6.07) is 20.3. The molecule has 11 heteroatoms. The van der Waals surface area contributed by atoms with Crippen LogP contribution < -0.4 is 5.56 Å². The molecule has 1 N–H and O–H groups in total. The Bertz CT molecular complexity index is 1790. The van der Waals surface area contributed by atoms with Gasteiger partial charge in [-0.15, -0.1) is 5.10 Å². The van der Waals surface area contributed by atoms with E-state index in [1.54, 1.807) is 22.9 Å². The van der Waals surface area contributed by atoms with Gasteiger partial charge in [-0.1, -0.05) is 59.3 Å². The number of benzene rings is 3. The van der Waals surface area contributed by atoms with Crippen LogP contribution >= 0.6 is 11.6 Å². The summed E-state index contributed by atoms with van der Waals surface area (Å²) >= 11 is 6.10. The minimum atomic E-state index is -3.63. The highest BCUT2D eigenvalue weighted by Crippen LogP contribution is 2.30. The maximum atomic E-state index is 13.3. The highest BCUT2D eigenvalue weighted by Gasteiger charge is 2.31. The van der Waals surface area contributed by atoms with Crippen molar-refractivity contribution in [3.05, 3.63) is 93.5 Å². The van der Waals surface area contributed by atoms with Crippen LogP contribution in [-0.4, -0.2) is 50.8 Å². The van der Waals surface area contributed by atoms with Gasteiger partial charge in [0.25, 0.3) is 5.56 Å². The Morgan fingerprint density at radius 2 is 1.76 bits per heavy atom. The van der Waals surface area contributed by atoms with Gasteiger partial charge in [-0.05, 0) is 53.4 Å². The molecular weight excluding hydrogens is 512 g/mol. The van der Waals surface area contributed by atoms with Crippen molar-refractivity contribution in [1.82, 2.24) is 29.3 Å². The molecule has 37 heavy (non-hydrogen) atoms. The molecule has 6 rings (SSSR count). The van der Waals surface area contributed by atoms with Gasteiger partial charge in [0, 0.05) is 24.0 Å². The molecule has 1 fully saturated rings. The predicted molar refractivity (Wildman–Crippen MR) is 141 cm³/mol. The van der Waals surface area contributed by atoms with E-state index in [1.165, 1.54) is 4.31 Å². The molecule has 9 nitrogen and oxygen atoms in total. The van der Waals surface area contributed by atoms with E-state index in [-0.39, 0.29) is 21.9 Å². The molecule has 2 aromatic heterocycles. The monoisotopic (exact) mass is 534 g/mol. The quantitative estimate of drug-likeness (QED) is 0.365. The van der Waals surface area contributed by atoms with E-state index in [0.29, 0.717) is 49.0 Å². The number of piperidine rings is 1. The van der Waals surface area contributed by atoms with Crippen LogP contribution in [0.2, 0.25) is 5.02 Å². The molecule has 1 aliphatic heterocycles. The van der Waals surface area contributed by atoms with Crippen molar-refractivity contribution in [3.63, 3.8) is 0 Å². The third-order valence-electron chi connectivity index (χ3n) is 6.81. The number of H-pyrrole nitrogens is 1. The van der Waals surface area contributed by atoms with Crippen molar-refractivity contribution < 1.29 is 8.42 Å². The molecule has 0 amide bonds. The number of aromatic nitrogens is 5. The Balaban J connectivity index is 1.23. The first-order valence-electron chi connectivity index (χ1n) is 12.0. The fourth-order valence-electron chi connectivity index (χ4n) is 4.84. The van der Waals surface area contributed by atoms with Crippen molar-refractivity contribution in [1.29, 1.82) is 0 Å². The third kappa shape index (κ3) is 4.52. The molecule has 0 unspecified atom stereocenters. The van der Waals surface area contributed by atoms with Crippen molar-refractivity contribution in [2.75, 3.05) is 13.1 Å². The molecule has 3 aromatic carbocycles. The molecule has 5 aromatic rings. The summed E-state index contributed by atoms with van der Waals surface area (Å²) in [6.45, 7) is 1.04. The standard InChI is InChI=1S/C26H23ClN6O3S/c27-21-7-3-4-17(14-21)16-33-25-23(30-31-33)26(34)29-24(28-25)19-10-12-32(13-11-19)37(35,36)22-9-8-18-5-1-2-6-20(18)15-22/h1-9,14-15,19H,10-13,16H2,(H,28,29,34). The zero-order valence-corrected chi connectivity index (χ0v) is 21.3. The highest BCUT2D eigenvalue weighted by molar-refractivity contribution is 7.89. The average molecular weight is 535 g/mol. The summed E-state index contributed by atoms with van der Waals surface area (Å²) in [5.74, 6) is 0.435. The van der Waals surface area contributed by atoms with Crippen LogP contribution in [0.4, 0.5) is 0 Å². The van der Waals surface area contributed by atoms with Crippen molar-refractivity contribution in [2.24, 2.45) is 0 Å². The zero-order chi connectivity index (χ0) is 25.6. The van der Waals surface area contributed by atoms with Crippen molar-refractivity contribution in [2.45, 2.75) is 30.2 Å². The molecular formula is C26H23ClN6O3S. The summed E-state index contributed by atoms with van der Waals surface area (Å²) in [5.41, 5.74) is 1.12.